The van der Waals surface area contributed by atoms with Crippen LogP contribution in [0.4, 0.5) is 0 Å². The average molecular weight is 1790 g/mol. The molecule has 0 aromatic carbocycles. The predicted octanol–water partition coefficient (Wildman–Crippen LogP) is 31.8. The average Bonchev–Trinajstić information content (AvgIpc) is 0.898. The number of aliphatic hydroxyl groups excluding tert-OH is 2. The Labute approximate surface area is 764 Å². The third-order valence-electron chi connectivity index (χ3n) is 21.4. The fourth-order valence-electron chi connectivity index (χ4n) is 13.8. The minimum Gasteiger partial charge on any atom is -0.463 e. The molecule has 0 aliphatic heterocycles. The van der Waals surface area contributed by atoms with Crippen LogP contribution in [0.25, 0.3) is 0 Å². The van der Waals surface area contributed by atoms with Gasteiger partial charge in [0.2, 0.25) is 0 Å². The Morgan fingerprint density at radius 1 is 0.232 bits per heavy atom. The first-order chi connectivity index (χ1) is 61.2. The zero-order valence-electron chi connectivity index (χ0n) is 79.5. The van der Waals surface area contributed by atoms with Crippen molar-refractivity contribution in [1.82, 2.24) is 0 Å². The molecule has 0 spiro atoms. The molecule has 16 nitrogen and oxygen atoms in total. The van der Waals surface area contributed by atoms with Crippen molar-refractivity contribution in [3.05, 3.63) is 170 Å². The minimum atomic E-state index is -4.95. The number of phosphoric acid groups is 2. The lowest BCUT2D eigenvalue weighted by atomic mass is 10.0. The van der Waals surface area contributed by atoms with Crippen LogP contribution in [0.15, 0.2) is 170 Å². The van der Waals surface area contributed by atoms with Gasteiger partial charge in [0, 0.05) is 19.3 Å². The fraction of sp³-hybridized carbons (Fsp3) is 0.710. The first-order valence-electron chi connectivity index (χ1n) is 50.4. The molecule has 4 N–H and O–H groups in total. The zero-order valence-corrected chi connectivity index (χ0v) is 81.3. The first kappa shape index (κ1) is 120. The Morgan fingerprint density at radius 3 is 0.672 bits per heavy atom. The number of carbonyl (C=O) groups is 3. The third-order valence-corrected chi connectivity index (χ3v) is 23.3. The minimum absolute atomic E-state index is 0.0968. The molecule has 0 saturated carbocycles. The summed E-state index contributed by atoms with van der Waals surface area (Å²) in [7, 11) is -9.82. The maximum absolute atomic E-state index is 13.1. The van der Waals surface area contributed by atoms with E-state index in [2.05, 4.69) is 191 Å². The van der Waals surface area contributed by atoms with Gasteiger partial charge in [-0.3, -0.25) is 32.5 Å². The number of allylic oxidation sites excluding steroid dienone is 28. The molecule has 718 valence electrons. The lowest BCUT2D eigenvalue weighted by Gasteiger charge is -2.21. The van der Waals surface area contributed by atoms with Crippen LogP contribution in [0.3, 0.4) is 0 Å². The molecule has 0 aliphatic rings. The second-order valence-corrected chi connectivity index (χ2v) is 36.4. The topological polar surface area (TPSA) is 231 Å². The quantitative estimate of drug-likeness (QED) is 0.0146. The Bertz CT molecular complexity index is 2950. The molecule has 5 atom stereocenters. The van der Waals surface area contributed by atoms with Crippen LogP contribution in [0.2, 0.25) is 0 Å². The summed E-state index contributed by atoms with van der Waals surface area (Å²) in [6.07, 6.45) is 128. The number of phosphoric ester groups is 2. The van der Waals surface area contributed by atoms with Gasteiger partial charge in [0.1, 0.15) is 25.4 Å². The summed E-state index contributed by atoms with van der Waals surface area (Å²) < 4.78 is 61.7. The van der Waals surface area contributed by atoms with E-state index in [0.29, 0.717) is 19.3 Å². The van der Waals surface area contributed by atoms with Gasteiger partial charge in [-0.1, -0.05) is 428 Å². The van der Waals surface area contributed by atoms with Crippen LogP contribution >= 0.6 is 15.6 Å². The summed E-state index contributed by atoms with van der Waals surface area (Å²) >= 11 is 0. The van der Waals surface area contributed by atoms with Gasteiger partial charge in [0.05, 0.1) is 26.4 Å². The molecule has 125 heavy (non-hydrogen) atoms. The molecule has 0 heterocycles. The van der Waals surface area contributed by atoms with Crippen molar-refractivity contribution in [2.75, 3.05) is 39.6 Å². The van der Waals surface area contributed by atoms with Gasteiger partial charge in [-0.2, -0.15) is 0 Å². The second kappa shape index (κ2) is 98.0. The van der Waals surface area contributed by atoms with E-state index in [0.717, 1.165) is 167 Å². The van der Waals surface area contributed by atoms with Gasteiger partial charge < -0.3 is 34.2 Å². The fourth-order valence-corrected chi connectivity index (χ4v) is 15.4. The van der Waals surface area contributed by atoms with Crippen molar-refractivity contribution in [1.29, 1.82) is 0 Å². The van der Waals surface area contributed by atoms with E-state index in [4.69, 9.17) is 32.3 Å². The Balaban J connectivity index is 4.60. The predicted molar refractivity (Wildman–Crippen MR) is 528 cm³/mol. The molecule has 0 aliphatic carbocycles. The van der Waals surface area contributed by atoms with E-state index in [1.54, 1.807) is 0 Å². The summed E-state index contributed by atoms with van der Waals surface area (Å²) in [5.41, 5.74) is 0. The molecule has 0 aromatic heterocycles. The number of carbonyl (C=O) groups excluding carboxylic acids is 3. The number of hydrogen-bond donors (Lipinski definition) is 4. The van der Waals surface area contributed by atoms with Crippen LogP contribution in [-0.4, -0.2) is 95.9 Å². The van der Waals surface area contributed by atoms with Gasteiger partial charge in [-0.25, -0.2) is 9.13 Å². The van der Waals surface area contributed by atoms with Crippen LogP contribution in [0, 0.1) is 0 Å². The summed E-state index contributed by atoms with van der Waals surface area (Å²) in [5, 5.41) is 20.8. The van der Waals surface area contributed by atoms with E-state index < -0.39 is 91.5 Å². The Kier molecular flexibility index (Phi) is 94.0. The van der Waals surface area contributed by atoms with Crippen molar-refractivity contribution in [2.45, 2.75) is 450 Å². The van der Waals surface area contributed by atoms with Crippen LogP contribution in [0.1, 0.15) is 432 Å². The van der Waals surface area contributed by atoms with Crippen LogP contribution in [-0.2, 0) is 55.8 Å². The van der Waals surface area contributed by atoms with Crippen LogP contribution in [0.5, 0.6) is 0 Å². The number of hydrogen-bond acceptors (Lipinski definition) is 14. The Hall–Kier alpha value is -5.09. The van der Waals surface area contributed by atoms with Crippen molar-refractivity contribution >= 4 is 33.6 Å². The summed E-state index contributed by atoms with van der Waals surface area (Å²) in [6.45, 7) is 2.50. The summed E-state index contributed by atoms with van der Waals surface area (Å²) in [6, 6.07) is 0. The molecular formula is C107H184O16P2. The normalized spacial score (nSPS) is 14.4. The number of aliphatic hydroxyl groups is 2. The van der Waals surface area contributed by atoms with Crippen molar-refractivity contribution in [2.24, 2.45) is 0 Å². The maximum atomic E-state index is 13.1. The zero-order chi connectivity index (χ0) is 90.7. The number of esters is 3. The van der Waals surface area contributed by atoms with Gasteiger partial charge in [-0.15, -0.1) is 0 Å². The van der Waals surface area contributed by atoms with Gasteiger partial charge in [0.25, 0.3) is 0 Å². The largest absolute Gasteiger partial charge is 0.472 e. The highest BCUT2D eigenvalue weighted by Crippen LogP contribution is 2.45. The highest BCUT2D eigenvalue weighted by Gasteiger charge is 2.30. The smallest absolute Gasteiger partial charge is 0.463 e. The van der Waals surface area contributed by atoms with Crippen molar-refractivity contribution in [3.8, 4) is 0 Å². The molecule has 0 bridgehead atoms. The van der Waals surface area contributed by atoms with Crippen molar-refractivity contribution < 1.29 is 75.8 Å². The number of ether oxygens (including phenoxy) is 3. The molecule has 0 radical (unpaired) electrons. The van der Waals surface area contributed by atoms with Gasteiger partial charge in [0.15, 0.2) is 6.10 Å². The van der Waals surface area contributed by atoms with E-state index in [-0.39, 0.29) is 19.3 Å². The summed E-state index contributed by atoms with van der Waals surface area (Å²) in [4.78, 5) is 59.2. The molecule has 18 heteroatoms. The number of rotatable bonds is 95. The van der Waals surface area contributed by atoms with E-state index >= 15 is 0 Å². The number of unbranched alkanes of at least 4 members (excludes halogenated alkanes) is 44. The van der Waals surface area contributed by atoms with Gasteiger partial charge >= 0.3 is 33.6 Å². The standard InChI is InChI=1S/C107H184O16P2/c1-4-7-10-13-16-19-22-25-28-31-34-37-40-43-46-48-49-50-51-53-56-57-60-63-66-69-72-75-78-81-84-87-90-93-105(110)117-96-102(108)97-119-124(113,114)120-98-103(109)99-121-125(115,116)122-101-104(123-107(112)95-92-89-86-83-80-77-74-71-68-65-62-59-54-45-42-39-36-33-30-27-24-21-18-15-12-9-6-3)100-118-106(111)94-91-88-85-82-79-76-73-70-67-64-61-58-55-52-47-44-41-38-35-32-29-26-23-20-17-14-11-8-5-2/h8-9,11-12,16-21,25-30,34-39,43-47,54,102-104,108-109H,4-7,10,13-15,22-24,31-33,40-42,48-53,55-101H2,1-3H3,(H,113,114)(H,115,116)/b11-8-,12-9-,19-16-,20-17-,21-18-,28-25-,29-26-,30-27-,37-34-,38-35-,39-36-,46-43-,47-44-,54-45-. The molecular weight excluding hydrogens is 1600 g/mol. The molecule has 0 amide bonds. The van der Waals surface area contributed by atoms with Gasteiger partial charge in [-0.05, 0) is 154 Å². The van der Waals surface area contributed by atoms with Crippen LogP contribution < -0.4 is 0 Å². The van der Waals surface area contributed by atoms with Crippen molar-refractivity contribution in [3.63, 3.8) is 0 Å². The highest BCUT2D eigenvalue weighted by molar-refractivity contribution is 7.47. The lowest BCUT2D eigenvalue weighted by Crippen LogP contribution is -2.30. The third kappa shape index (κ3) is 99.3. The highest BCUT2D eigenvalue weighted by atomic mass is 31.2. The first-order valence-corrected chi connectivity index (χ1v) is 53.4. The van der Waals surface area contributed by atoms with E-state index in [9.17, 15) is 43.5 Å². The molecule has 0 saturated heterocycles. The molecule has 5 unspecified atom stereocenters. The van der Waals surface area contributed by atoms with E-state index in [1.165, 1.54) is 205 Å². The summed E-state index contributed by atoms with van der Waals surface area (Å²) in [5.74, 6) is -1.56. The maximum Gasteiger partial charge on any atom is 0.472 e. The monoisotopic (exact) mass is 1790 g/mol. The van der Waals surface area contributed by atoms with E-state index in [1.807, 2.05) is 0 Å². The molecule has 0 fully saturated rings. The molecule has 0 aromatic rings. The lowest BCUT2D eigenvalue weighted by molar-refractivity contribution is -0.161. The Morgan fingerprint density at radius 2 is 0.424 bits per heavy atom. The molecule has 0 rings (SSSR count). The SMILES string of the molecule is CC/C=C\C/C=C\C/C=C\C/C=C\C/C=C\CCCCCCCCCCCCCCCC(=O)OCC(COP(=O)(O)OCC(O)COP(=O)(O)OCC(O)COC(=O)CCCCCCCCCCCCCCCCCCC/C=C\C/C=C\C/C=C\C/C=C\CCCCC)OC(=O)CCCCCCCCCCCCC/C=C\C/C=C\C/C=C\C/C=C\C/C=C\CC. The second-order valence-electron chi connectivity index (χ2n) is 33.5.